The lowest BCUT2D eigenvalue weighted by Crippen LogP contribution is -2.32. The summed E-state index contributed by atoms with van der Waals surface area (Å²) < 4.78 is 5.42. The number of anilines is 1. The fourth-order valence-electron chi connectivity index (χ4n) is 2.72. The van der Waals surface area contributed by atoms with Crippen LogP contribution in [0.3, 0.4) is 0 Å². The Morgan fingerprint density at radius 3 is 2.68 bits per heavy atom. The van der Waals surface area contributed by atoms with Crippen molar-refractivity contribution in [2.45, 2.75) is 26.4 Å². The van der Waals surface area contributed by atoms with Crippen LogP contribution >= 0.6 is 11.3 Å². The number of thiophene rings is 1. The number of ether oxygens (including phenoxy) is 1. The number of hydrogen-bond acceptors (Lipinski definition) is 4. The van der Waals surface area contributed by atoms with Crippen LogP contribution in [0.5, 0.6) is 0 Å². The summed E-state index contributed by atoms with van der Waals surface area (Å²) in [6, 6.07) is 5.98. The van der Waals surface area contributed by atoms with Crippen LogP contribution in [0.4, 0.5) is 5.00 Å². The van der Waals surface area contributed by atoms with Gasteiger partial charge in [0.05, 0.1) is 12.2 Å². The third-order valence-corrected chi connectivity index (χ3v) is 5.19. The number of rotatable bonds is 4. The molecule has 3 N–H and O–H groups in total. The van der Waals surface area contributed by atoms with Gasteiger partial charge in [-0.3, -0.25) is 9.59 Å². The van der Waals surface area contributed by atoms with Gasteiger partial charge in [0.25, 0.3) is 11.8 Å². The minimum Gasteiger partial charge on any atom is -0.365 e. The molecule has 1 aromatic carbocycles. The van der Waals surface area contributed by atoms with Crippen LogP contribution in [-0.4, -0.2) is 24.5 Å². The second kappa shape index (κ2) is 7.21. The second-order valence-corrected chi connectivity index (χ2v) is 6.91. The first-order chi connectivity index (χ1) is 12.0. The van der Waals surface area contributed by atoms with Gasteiger partial charge in [-0.2, -0.15) is 0 Å². The zero-order valence-electron chi connectivity index (χ0n) is 14.2. The van der Waals surface area contributed by atoms with E-state index >= 15 is 0 Å². The highest BCUT2D eigenvalue weighted by molar-refractivity contribution is 7.15. The zero-order valence-corrected chi connectivity index (χ0v) is 15.0. The van der Waals surface area contributed by atoms with E-state index in [2.05, 4.69) is 5.32 Å². The molecule has 1 aromatic heterocycles. The SMILES string of the molecule is Cc1ccc(-c2csc(NC(=O)C3CC=CCO3)c2C(N)=O)cc1C. The van der Waals surface area contributed by atoms with Gasteiger partial charge in [-0.05, 0) is 30.5 Å². The number of primary amides is 1. The Labute approximate surface area is 150 Å². The molecule has 130 valence electrons. The predicted octanol–water partition coefficient (Wildman–Crippen LogP) is 3.41. The summed E-state index contributed by atoms with van der Waals surface area (Å²) >= 11 is 1.30. The summed E-state index contributed by atoms with van der Waals surface area (Å²) in [5.41, 5.74) is 9.89. The summed E-state index contributed by atoms with van der Waals surface area (Å²) in [7, 11) is 0. The molecule has 1 aliphatic heterocycles. The minimum absolute atomic E-state index is 0.264. The lowest BCUT2D eigenvalue weighted by atomic mass is 9.99. The maximum atomic E-state index is 12.4. The third kappa shape index (κ3) is 3.65. The monoisotopic (exact) mass is 356 g/mol. The number of nitrogens with one attached hydrogen (secondary N) is 1. The molecule has 6 heteroatoms. The number of carbonyl (C=O) groups is 2. The van der Waals surface area contributed by atoms with E-state index in [4.69, 9.17) is 10.5 Å². The molecule has 2 amide bonds. The molecular weight excluding hydrogens is 336 g/mol. The summed E-state index contributed by atoms with van der Waals surface area (Å²) in [6.45, 7) is 4.47. The molecule has 0 spiro atoms. The molecule has 1 unspecified atom stereocenters. The van der Waals surface area contributed by atoms with Crippen molar-refractivity contribution in [3.63, 3.8) is 0 Å². The first-order valence-electron chi connectivity index (χ1n) is 8.03. The number of nitrogens with two attached hydrogens (primary N) is 1. The highest BCUT2D eigenvalue weighted by atomic mass is 32.1. The molecule has 0 saturated carbocycles. The van der Waals surface area contributed by atoms with Crippen LogP contribution in [0.1, 0.15) is 27.9 Å². The van der Waals surface area contributed by atoms with E-state index in [-0.39, 0.29) is 5.91 Å². The Hall–Kier alpha value is -2.44. The van der Waals surface area contributed by atoms with Crippen LogP contribution in [0.25, 0.3) is 11.1 Å². The number of hydrogen-bond donors (Lipinski definition) is 2. The number of carbonyl (C=O) groups excluding carboxylic acids is 2. The van der Waals surface area contributed by atoms with Gasteiger partial charge in [-0.25, -0.2) is 0 Å². The first-order valence-corrected chi connectivity index (χ1v) is 8.91. The third-order valence-electron chi connectivity index (χ3n) is 4.29. The van der Waals surface area contributed by atoms with Gasteiger partial charge in [0.2, 0.25) is 0 Å². The van der Waals surface area contributed by atoms with Crippen LogP contribution in [-0.2, 0) is 9.53 Å². The molecule has 0 bridgehead atoms. The molecule has 3 rings (SSSR count). The van der Waals surface area contributed by atoms with Crippen LogP contribution in [0.2, 0.25) is 0 Å². The minimum atomic E-state index is -0.561. The summed E-state index contributed by atoms with van der Waals surface area (Å²) in [5.74, 6) is -0.824. The number of benzene rings is 1. The van der Waals surface area contributed by atoms with Crippen LogP contribution in [0, 0.1) is 13.8 Å². The van der Waals surface area contributed by atoms with E-state index in [9.17, 15) is 9.59 Å². The second-order valence-electron chi connectivity index (χ2n) is 6.04. The zero-order chi connectivity index (χ0) is 18.0. The molecule has 0 radical (unpaired) electrons. The summed E-state index contributed by atoms with van der Waals surface area (Å²) in [4.78, 5) is 24.4. The largest absolute Gasteiger partial charge is 0.365 e. The Morgan fingerprint density at radius 2 is 2.04 bits per heavy atom. The summed E-state index contributed by atoms with van der Waals surface area (Å²) in [5, 5.41) is 5.11. The molecule has 1 atom stereocenters. The Balaban J connectivity index is 1.92. The molecule has 1 aliphatic rings. The van der Waals surface area contributed by atoms with Gasteiger partial charge in [-0.1, -0.05) is 30.4 Å². The first kappa shape index (κ1) is 17.4. The van der Waals surface area contributed by atoms with Gasteiger partial charge < -0.3 is 15.8 Å². The van der Waals surface area contributed by atoms with E-state index in [0.717, 1.165) is 16.7 Å². The lowest BCUT2D eigenvalue weighted by Gasteiger charge is -2.18. The van der Waals surface area contributed by atoms with Gasteiger partial charge in [0.15, 0.2) is 0 Å². The van der Waals surface area contributed by atoms with Gasteiger partial charge in [0.1, 0.15) is 11.1 Å². The van der Waals surface area contributed by atoms with E-state index in [1.54, 1.807) is 0 Å². The smallest absolute Gasteiger partial charge is 0.254 e. The van der Waals surface area contributed by atoms with Crippen molar-refractivity contribution in [3.05, 3.63) is 52.4 Å². The Kier molecular flexibility index (Phi) is 5.01. The van der Waals surface area contributed by atoms with Gasteiger partial charge in [0, 0.05) is 17.4 Å². The molecule has 5 nitrogen and oxygen atoms in total. The Morgan fingerprint density at radius 1 is 1.24 bits per heavy atom. The van der Waals surface area contributed by atoms with E-state index in [0.29, 0.717) is 23.6 Å². The molecule has 2 aromatic rings. The lowest BCUT2D eigenvalue weighted by molar-refractivity contribution is -0.126. The maximum absolute atomic E-state index is 12.4. The molecule has 25 heavy (non-hydrogen) atoms. The van der Waals surface area contributed by atoms with Crippen LogP contribution in [0.15, 0.2) is 35.7 Å². The number of aryl methyl sites for hydroxylation is 2. The van der Waals surface area contributed by atoms with Gasteiger partial charge >= 0.3 is 0 Å². The molecule has 0 fully saturated rings. The van der Waals surface area contributed by atoms with Gasteiger partial charge in [-0.15, -0.1) is 11.3 Å². The highest BCUT2D eigenvalue weighted by Crippen LogP contribution is 2.36. The number of amides is 2. The van der Waals surface area contributed by atoms with Crippen LogP contribution < -0.4 is 11.1 Å². The predicted molar refractivity (Wildman–Crippen MR) is 99.9 cm³/mol. The quantitative estimate of drug-likeness (QED) is 0.824. The fraction of sp³-hybridized carbons (Fsp3) is 0.263. The van der Waals surface area contributed by atoms with Crippen molar-refractivity contribution in [1.82, 2.24) is 0 Å². The fourth-order valence-corrected chi connectivity index (χ4v) is 3.70. The van der Waals surface area contributed by atoms with Crippen molar-refractivity contribution in [3.8, 4) is 11.1 Å². The average Bonchev–Trinajstić information content (AvgIpc) is 3.02. The van der Waals surface area contributed by atoms with E-state index in [1.807, 2.05) is 49.6 Å². The topological polar surface area (TPSA) is 81.4 Å². The van der Waals surface area contributed by atoms with Crippen molar-refractivity contribution in [1.29, 1.82) is 0 Å². The summed E-state index contributed by atoms with van der Waals surface area (Å²) in [6.07, 6.45) is 3.77. The molecule has 0 aliphatic carbocycles. The molecule has 2 heterocycles. The highest BCUT2D eigenvalue weighted by Gasteiger charge is 2.24. The van der Waals surface area contributed by atoms with Crippen molar-refractivity contribution >= 4 is 28.2 Å². The standard InChI is InChI=1S/C19H20N2O3S/c1-11-6-7-13(9-12(11)2)14-10-25-19(16(14)17(20)22)21-18(23)15-5-3-4-8-24-15/h3-4,6-7,9-10,15H,5,8H2,1-2H3,(H2,20,22)(H,21,23). The van der Waals surface area contributed by atoms with E-state index in [1.165, 1.54) is 16.9 Å². The average molecular weight is 356 g/mol. The van der Waals surface area contributed by atoms with Crippen molar-refractivity contribution < 1.29 is 14.3 Å². The van der Waals surface area contributed by atoms with E-state index < -0.39 is 12.0 Å². The van der Waals surface area contributed by atoms with Crippen molar-refractivity contribution in [2.24, 2.45) is 5.73 Å². The Bertz CT molecular complexity index is 854. The maximum Gasteiger partial charge on any atom is 0.254 e. The normalized spacial score (nSPS) is 16.6. The molecular formula is C19H20N2O3S. The van der Waals surface area contributed by atoms with Crippen molar-refractivity contribution in [2.75, 3.05) is 11.9 Å². The molecule has 0 saturated heterocycles.